The molecule has 2 aromatic rings. The smallest absolute Gasteiger partial charge is 0.217 e. The van der Waals surface area contributed by atoms with Crippen LogP contribution < -0.4 is 0 Å². The first-order valence-electron chi connectivity index (χ1n) is 7.33. The van der Waals surface area contributed by atoms with Crippen LogP contribution in [-0.4, -0.2) is 31.1 Å². The van der Waals surface area contributed by atoms with Crippen LogP contribution in [-0.2, 0) is 4.74 Å². The molecule has 1 unspecified atom stereocenters. The minimum Gasteiger partial charge on any atom is -0.367 e. The van der Waals surface area contributed by atoms with E-state index in [1.165, 1.54) is 0 Å². The Hall–Kier alpha value is -1.02. The third kappa shape index (κ3) is 3.28. The Morgan fingerprint density at radius 1 is 1.48 bits per heavy atom. The molecule has 3 atom stereocenters. The van der Waals surface area contributed by atoms with Gasteiger partial charge in [0.15, 0.2) is 12.1 Å². The molecule has 0 aromatic carbocycles. The molecule has 3 heterocycles. The Kier molecular flexibility index (Phi) is 4.48. The number of aromatic nitrogens is 4. The summed E-state index contributed by atoms with van der Waals surface area (Å²) in [5.74, 6) is 0.659. The molecule has 0 aliphatic carbocycles. The molecule has 23 heavy (non-hydrogen) atoms. The summed E-state index contributed by atoms with van der Waals surface area (Å²) in [7, 11) is 0. The number of aliphatic hydroxyl groups is 1. The highest BCUT2D eigenvalue weighted by molar-refractivity contribution is 9.10. The summed E-state index contributed by atoms with van der Waals surface area (Å²) in [4.78, 5) is 8.75. The number of nitrogens with zero attached hydrogens (tertiary/aromatic N) is 4. The molecule has 0 spiro atoms. The molecule has 2 aromatic heterocycles. The van der Waals surface area contributed by atoms with E-state index < -0.39 is 6.29 Å². The molecule has 1 aliphatic rings. The van der Waals surface area contributed by atoms with Crippen LogP contribution >= 0.6 is 27.5 Å². The fourth-order valence-electron chi connectivity index (χ4n) is 2.51. The van der Waals surface area contributed by atoms with Crippen LogP contribution in [0.15, 0.2) is 23.1 Å². The van der Waals surface area contributed by atoms with Crippen LogP contribution in [0.5, 0.6) is 0 Å². The zero-order valence-corrected chi connectivity index (χ0v) is 15.4. The maximum absolute atomic E-state index is 10.3. The summed E-state index contributed by atoms with van der Waals surface area (Å²) >= 11 is 9.57. The molecular weight excluding hydrogens is 384 g/mol. The van der Waals surface area contributed by atoms with Crippen molar-refractivity contribution in [2.24, 2.45) is 5.41 Å². The van der Waals surface area contributed by atoms with Gasteiger partial charge < -0.3 is 9.84 Å². The van der Waals surface area contributed by atoms with Crippen LogP contribution in [0, 0.1) is 5.41 Å². The van der Waals surface area contributed by atoms with Crippen LogP contribution in [0.1, 0.15) is 50.9 Å². The number of halogens is 2. The van der Waals surface area contributed by atoms with Crippen molar-refractivity contribution >= 4 is 27.5 Å². The molecule has 0 radical (unpaired) electrons. The first kappa shape index (κ1) is 16.8. The fourth-order valence-corrected chi connectivity index (χ4v) is 3.11. The van der Waals surface area contributed by atoms with Gasteiger partial charge in [-0.15, -0.1) is 5.10 Å². The van der Waals surface area contributed by atoms with Gasteiger partial charge in [-0.3, -0.25) is 4.98 Å². The second kappa shape index (κ2) is 6.12. The van der Waals surface area contributed by atoms with E-state index in [2.05, 4.69) is 31.0 Å². The third-order valence-electron chi connectivity index (χ3n) is 3.79. The summed E-state index contributed by atoms with van der Waals surface area (Å²) in [6.07, 6.45) is 0.998. The predicted molar refractivity (Wildman–Crippen MR) is 89.0 cm³/mol. The molecular formula is C15H18BrClN4O2. The van der Waals surface area contributed by atoms with Gasteiger partial charge in [-0.25, -0.2) is 9.67 Å². The largest absolute Gasteiger partial charge is 0.367 e. The van der Waals surface area contributed by atoms with Crippen molar-refractivity contribution in [3.8, 4) is 0 Å². The molecule has 6 nitrogen and oxygen atoms in total. The average Bonchev–Trinajstić information content (AvgIpc) is 2.97. The van der Waals surface area contributed by atoms with Crippen molar-refractivity contribution in [1.29, 1.82) is 0 Å². The highest BCUT2D eigenvalue weighted by atomic mass is 79.9. The second-order valence-corrected chi connectivity index (χ2v) is 7.77. The second-order valence-electron chi connectivity index (χ2n) is 6.65. The summed E-state index contributed by atoms with van der Waals surface area (Å²) < 4.78 is 8.08. The van der Waals surface area contributed by atoms with Gasteiger partial charge in [0.05, 0.1) is 10.7 Å². The molecule has 0 bridgehead atoms. The SMILES string of the molecule is CC(C)(C)C(O)O[C@H]1C[C@@H](c2ncccc2Cl)n2nc(Br)nc21. The lowest BCUT2D eigenvalue weighted by atomic mass is 9.96. The summed E-state index contributed by atoms with van der Waals surface area (Å²) in [5, 5.41) is 15.2. The highest BCUT2D eigenvalue weighted by Crippen LogP contribution is 2.42. The number of hydrogen-bond acceptors (Lipinski definition) is 5. The maximum Gasteiger partial charge on any atom is 0.217 e. The van der Waals surface area contributed by atoms with Crippen molar-refractivity contribution in [3.05, 3.63) is 39.6 Å². The van der Waals surface area contributed by atoms with Gasteiger partial charge in [0.25, 0.3) is 0 Å². The average molecular weight is 402 g/mol. The number of fused-ring (bicyclic) bond motifs is 1. The monoisotopic (exact) mass is 400 g/mol. The Labute approximate surface area is 148 Å². The molecule has 0 saturated heterocycles. The minimum absolute atomic E-state index is 0.172. The van der Waals surface area contributed by atoms with Crippen LogP contribution in [0.2, 0.25) is 5.02 Å². The number of ether oxygens (including phenoxy) is 1. The fraction of sp³-hybridized carbons (Fsp3) is 0.533. The predicted octanol–water partition coefficient (Wildman–Crippen LogP) is 3.50. The van der Waals surface area contributed by atoms with E-state index in [4.69, 9.17) is 16.3 Å². The van der Waals surface area contributed by atoms with Gasteiger partial charge in [-0.2, -0.15) is 0 Å². The van der Waals surface area contributed by atoms with E-state index >= 15 is 0 Å². The lowest BCUT2D eigenvalue weighted by molar-refractivity contribution is -0.190. The first-order valence-corrected chi connectivity index (χ1v) is 8.50. The van der Waals surface area contributed by atoms with E-state index in [-0.39, 0.29) is 17.6 Å². The van der Waals surface area contributed by atoms with Crippen LogP contribution in [0.25, 0.3) is 0 Å². The Balaban J connectivity index is 1.93. The van der Waals surface area contributed by atoms with Crippen LogP contribution in [0.4, 0.5) is 0 Å². The van der Waals surface area contributed by atoms with Crippen molar-refractivity contribution < 1.29 is 9.84 Å². The van der Waals surface area contributed by atoms with Crippen molar-refractivity contribution in [1.82, 2.24) is 19.7 Å². The number of hydrogen-bond donors (Lipinski definition) is 1. The van der Waals surface area contributed by atoms with E-state index in [9.17, 15) is 5.11 Å². The third-order valence-corrected chi connectivity index (χ3v) is 4.44. The summed E-state index contributed by atoms with van der Waals surface area (Å²) in [6.45, 7) is 5.75. The Morgan fingerprint density at radius 3 is 2.87 bits per heavy atom. The van der Waals surface area contributed by atoms with E-state index in [0.717, 1.165) is 5.69 Å². The number of pyridine rings is 1. The lowest BCUT2D eigenvalue weighted by Gasteiger charge is -2.28. The van der Waals surface area contributed by atoms with Crippen molar-refractivity contribution in [2.45, 2.75) is 45.6 Å². The Bertz CT molecular complexity index is 716. The van der Waals surface area contributed by atoms with Crippen molar-refractivity contribution in [3.63, 3.8) is 0 Å². The molecule has 8 heteroatoms. The molecule has 1 N–H and O–H groups in total. The quantitative estimate of drug-likeness (QED) is 0.797. The summed E-state index contributed by atoms with van der Waals surface area (Å²) in [5.41, 5.74) is 0.340. The maximum atomic E-state index is 10.3. The van der Waals surface area contributed by atoms with Gasteiger partial charge in [-0.1, -0.05) is 32.4 Å². The molecule has 3 rings (SSSR count). The van der Waals surface area contributed by atoms with Gasteiger partial charge in [0, 0.05) is 18.0 Å². The lowest BCUT2D eigenvalue weighted by Crippen LogP contribution is -2.30. The van der Waals surface area contributed by atoms with Crippen molar-refractivity contribution in [2.75, 3.05) is 0 Å². The zero-order chi connectivity index (χ0) is 16.8. The number of rotatable bonds is 3. The normalized spacial score (nSPS) is 22.2. The Morgan fingerprint density at radius 2 is 2.22 bits per heavy atom. The molecule has 0 saturated carbocycles. The van der Waals surface area contributed by atoms with Gasteiger partial charge >= 0.3 is 0 Å². The molecule has 0 amide bonds. The highest BCUT2D eigenvalue weighted by Gasteiger charge is 2.40. The van der Waals surface area contributed by atoms with Crippen LogP contribution in [0.3, 0.4) is 0 Å². The molecule has 124 valence electrons. The first-order chi connectivity index (χ1) is 10.8. The standard InChI is InChI=1S/C15H18BrClN4O2/c1-15(2,3)13(22)23-10-7-9(11-8(17)5-4-6-18-11)21-12(10)19-14(16)20-21/h4-6,9-10,13,22H,7H2,1-3H3/t9-,10-,13?/m0/s1. The topological polar surface area (TPSA) is 73.1 Å². The van der Waals surface area contributed by atoms with E-state index in [1.54, 1.807) is 23.0 Å². The van der Waals surface area contributed by atoms with Gasteiger partial charge in [0.2, 0.25) is 4.73 Å². The van der Waals surface area contributed by atoms with E-state index in [1.807, 2.05) is 20.8 Å². The molecule has 1 aliphatic heterocycles. The number of aliphatic hydroxyl groups excluding tert-OH is 1. The minimum atomic E-state index is -0.908. The van der Waals surface area contributed by atoms with Gasteiger partial charge in [-0.05, 0) is 28.1 Å². The van der Waals surface area contributed by atoms with E-state index in [0.29, 0.717) is 22.0 Å². The molecule has 0 fully saturated rings. The zero-order valence-electron chi connectivity index (χ0n) is 13.1. The van der Waals surface area contributed by atoms with Gasteiger partial charge in [0.1, 0.15) is 12.1 Å². The summed E-state index contributed by atoms with van der Waals surface area (Å²) in [6, 6.07) is 3.42.